The number of nitrogens with one attached hydrogen (secondary N) is 1. The summed E-state index contributed by atoms with van der Waals surface area (Å²) in [6, 6.07) is 22.1. The molecule has 6 nitrogen and oxygen atoms in total. The smallest absolute Gasteiger partial charge is 0.266 e. The van der Waals surface area contributed by atoms with Gasteiger partial charge in [-0.05, 0) is 67.4 Å². The first-order chi connectivity index (χ1) is 16.4. The van der Waals surface area contributed by atoms with E-state index in [0.717, 1.165) is 10.0 Å². The van der Waals surface area contributed by atoms with Crippen LogP contribution in [0.5, 0.6) is 17.2 Å². The maximum atomic E-state index is 12.7. The van der Waals surface area contributed by atoms with Crippen LogP contribution in [-0.4, -0.2) is 19.1 Å². The number of nitriles is 1. The highest BCUT2D eigenvalue weighted by Gasteiger charge is 2.12. The zero-order valence-corrected chi connectivity index (χ0v) is 20.8. The third-order valence-electron chi connectivity index (χ3n) is 4.64. The SMILES string of the molecule is COc1cc(/C=C(/C#N)C(=O)Nc2cccc(OC(C)C)c2)ccc1OCc1ccc(Br)cc1. The Morgan fingerprint density at radius 2 is 1.85 bits per heavy atom. The minimum absolute atomic E-state index is 0.0114. The van der Waals surface area contributed by atoms with Crippen molar-refractivity contribution < 1.29 is 19.0 Å². The molecule has 0 aromatic heterocycles. The molecule has 3 rings (SSSR count). The lowest BCUT2D eigenvalue weighted by molar-refractivity contribution is -0.112. The molecule has 7 heteroatoms. The zero-order valence-electron chi connectivity index (χ0n) is 19.2. The molecule has 0 spiro atoms. The molecule has 3 aromatic carbocycles. The lowest BCUT2D eigenvalue weighted by atomic mass is 10.1. The van der Waals surface area contributed by atoms with Crippen molar-refractivity contribution in [2.24, 2.45) is 0 Å². The van der Waals surface area contributed by atoms with E-state index in [9.17, 15) is 10.1 Å². The van der Waals surface area contributed by atoms with Crippen molar-refractivity contribution in [3.63, 3.8) is 0 Å². The van der Waals surface area contributed by atoms with Gasteiger partial charge < -0.3 is 19.5 Å². The molecule has 1 N–H and O–H groups in total. The van der Waals surface area contributed by atoms with E-state index < -0.39 is 5.91 Å². The van der Waals surface area contributed by atoms with Crippen molar-refractivity contribution in [2.45, 2.75) is 26.6 Å². The Balaban J connectivity index is 1.72. The number of benzene rings is 3. The van der Waals surface area contributed by atoms with E-state index in [1.54, 1.807) is 43.5 Å². The summed E-state index contributed by atoms with van der Waals surface area (Å²) >= 11 is 3.41. The van der Waals surface area contributed by atoms with Crippen molar-refractivity contribution in [2.75, 3.05) is 12.4 Å². The third kappa shape index (κ3) is 7.12. The van der Waals surface area contributed by atoms with Crippen LogP contribution in [0.15, 0.2) is 76.8 Å². The monoisotopic (exact) mass is 520 g/mol. The van der Waals surface area contributed by atoms with Crippen LogP contribution in [0.1, 0.15) is 25.0 Å². The van der Waals surface area contributed by atoms with Crippen LogP contribution in [0.4, 0.5) is 5.69 Å². The third-order valence-corrected chi connectivity index (χ3v) is 5.16. The summed E-state index contributed by atoms with van der Waals surface area (Å²) in [4.78, 5) is 12.7. The zero-order chi connectivity index (χ0) is 24.5. The van der Waals surface area contributed by atoms with Crippen LogP contribution < -0.4 is 19.5 Å². The topological polar surface area (TPSA) is 80.6 Å². The molecule has 1 amide bonds. The van der Waals surface area contributed by atoms with Crippen molar-refractivity contribution in [1.82, 2.24) is 0 Å². The molecule has 0 aliphatic rings. The highest BCUT2D eigenvalue weighted by molar-refractivity contribution is 9.10. The number of hydrogen-bond donors (Lipinski definition) is 1. The summed E-state index contributed by atoms with van der Waals surface area (Å²) in [6.45, 7) is 4.23. The molecule has 0 aliphatic carbocycles. The minimum atomic E-state index is -0.515. The predicted molar refractivity (Wildman–Crippen MR) is 136 cm³/mol. The predicted octanol–water partition coefficient (Wildman–Crippen LogP) is 6.37. The van der Waals surface area contributed by atoms with Crippen molar-refractivity contribution >= 4 is 33.6 Å². The van der Waals surface area contributed by atoms with Gasteiger partial charge >= 0.3 is 0 Å². The summed E-state index contributed by atoms with van der Waals surface area (Å²) in [6.07, 6.45) is 1.52. The minimum Gasteiger partial charge on any atom is -0.493 e. The molecule has 0 bridgehead atoms. The molecule has 34 heavy (non-hydrogen) atoms. The van der Waals surface area contributed by atoms with Gasteiger partial charge in [0.1, 0.15) is 24.0 Å². The second-order valence-electron chi connectivity index (χ2n) is 7.64. The van der Waals surface area contributed by atoms with Crippen molar-refractivity contribution in [3.05, 3.63) is 87.9 Å². The standard InChI is InChI=1S/C27H25BrN2O4/c1-18(2)34-24-6-4-5-23(15-24)30-27(31)21(16-29)13-20-9-12-25(26(14-20)32-3)33-17-19-7-10-22(28)11-8-19/h4-15,18H,17H2,1-3H3,(H,30,31)/b21-13-. The molecule has 0 saturated heterocycles. The second-order valence-corrected chi connectivity index (χ2v) is 8.56. The quantitative estimate of drug-likeness (QED) is 0.262. The van der Waals surface area contributed by atoms with Crippen LogP contribution >= 0.6 is 15.9 Å². The van der Waals surface area contributed by atoms with Crippen LogP contribution in [0.25, 0.3) is 6.08 Å². The van der Waals surface area contributed by atoms with E-state index in [2.05, 4.69) is 21.2 Å². The van der Waals surface area contributed by atoms with Gasteiger partial charge in [-0.25, -0.2) is 0 Å². The summed E-state index contributed by atoms with van der Waals surface area (Å²) in [7, 11) is 1.54. The number of carbonyl (C=O) groups excluding carboxylic acids is 1. The first kappa shape index (κ1) is 24.9. The number of rotatable bonds is 9. The van der Waals surface area contributed by atoms with Crippen LogP contribution in [0.2, 0.25) is 0 Å². The van der Waals surface area contributed by atoms with Crippen LogP contribution in [-0.2, 0) is 11.4 Å². The molecule has 0 fully saturated rings. The van der Waals surface area contributed by atoms with Gasteiger partial charge in [-0.2, -0.15) is 5.26 Å². The number of ether oxygens (including phenoxy) is 3. The normalized spacial score (nSPS) is 11.0. The van der Waals surface area contributed by atoms with Gasteiger partial charge in [0.15, 0.2) is 11.5 Å². The van der Waals surface area contributed by atoms with E-state index in [1.807, 2.05) is 50.2 Å². The highest BCUT2D eigenvalue weighted by Crippen LogP contribution is 2.30. The number of hydrogen-bond acceptors (Lipinski definition) is 5. The van der Waals surface area contributed by atoms with Gasteiger partial charge in [-0.1, -0.05) is 40.2 Å². The molecule has 0 unspecified atom stereocenters. The summed E-state index contributed by atoms with van der Waals surface area (Å²) in [5.74, 6) is 1.19. The average Bonchev–Trinajstić information content (AvgIpc) is 2.82. The summed E-state index contributed by atoms with van der Waals surface area (Å²) in [5, 5.41) is 12.3. The average molecular weight is 521 g/mol. The maximum Gasteiger partial charge on any atom is 0.266 e. The largest absolute Gasteiger partial charge is 0.493 e. The molecule has 0 atom stereocenters. The van der Waals surface area contributed by atoms with Gasteiger partial charge in [-0.15, -0.1) is 0 Å². The number of carbonyl (C=O) groups is 1. The lowest BCUT2D eigenvalue weighted by Crippen LogP contribution is -2.13. The van der Waals surface area contributed by atoms with Crippen molar-refractivity contribution in [3.8, 4) is 23.3 Å². The fraction of sp³-hybridized carbons (Fsp3) is 0.185. The van der Waals surface area contributed by atoms with E-state index >= 15 is 0 Å². The van der Waals surface area contributed by atoms with Crippen LogP contribution in [0, 0.1) is 11.3 Å². The number of anilines is 1. The molecule has 0 saturated carbocycles. The molecule has 174 valence electrons. The number of amides is 1. The van der Waals surface area contributed by atoms with Gasteiger partial charge in [0, 0.05) is 16.2 Å². The Hall–Kier alpha value is -3.76. The molecule has 0 radical (unpaired) electrons. The van der Waals surface area contributed by atoms with E-state index in [-0.39, 0.29) is 11.7 Å². The maximum absolute atomic E-state index is 12.7. The van der Waals surface area contributed by atoms with E-state index in [4.69, 9.17) is 14.2 Å². The van der Waals surface area contributed by atoms with Gasteiger partial charge in [0.2, 0.25) is 0 Å². The first-order valence-electron chi connectivity index (χ1n) is 10.6. The van der Waals surface area contributed by atoms with Crippen molar-refractivity contribution in [1.29, 1.82) is 5.26 Å². The van der Waals surface area contributed by atoms with E-state index in [1.165, 1.54) is 6.08 Å². The lowest BCUT2D eigenvalue weighted by Gasteiger charge is -2.12. The van der Waals surface area contributed by atoms with Gasteiger partial charge in [-0.3, -0.25) is 4.79 Å². The molecular formula is C27H25BrN2O4. The Kier molecular flexibility index (Phi) is 8.72. The van der Waals surface area contributed by atoms with Gasteiger partial charge in [0.25, 0.3) is 5.91 Å². The Labute approximate surface area is 207 Å². The van der Waals surface area contributed by atoms with Gasteiger partial charge in [0.05, 0.1) is 13.2 Å². The molecule has 3 aromatic rings. The fourth-order valence-corrected chi connectivity index (χ4v) is 3.33. The van der Waals surface area contributed by atoms with E-state index in [0.29, 0.717) is 35.1 Å². The number of halogens is 1. The fourth-order valence-electron chi connectivity index (χ4n) is 3.07. The number of nitrogens with zero attached hydrogens (tertiary/aromatic N) is 1. The number of methoxy groups -OCH3 is 1. The second kappa shape index (κ2) is 11.9. The highest BCUT2D eigenvalue weighted by atomic mass is 79.9. The molecule has 0 aliphatic heterocycles. The Morgan fingerprint density at radius 1 is 1.09 bits per heavy atom. The first-order valence-corrected chi connectivity index (χ1v) is 11.4. The Morgan fingerprint density at radius 3 is 2.53 bits per heavy atom. The summed E-state index contributed by atoms with van der Waals surface area (Å²) < 4.78 is 18.0. The van der Waals surface area contributed by atoms with Crippen LogP contribution in [0.3, 0.4) is 0 Å². The molecular weight excluding hydrogens is 496 g/mol. The molecule has 0 heterocycles. The Bertz CT molecular complexity index is 1210. The summed E-state index contributed by atoms with van der Waals surface area (Å²) in [5.41, 5.74) is 2.15.